The van der Waals surface area contributed by atoms with Crippen LogP contribution in [0.15, 0.2) is 0 Å². The lowest BCUT2D eigenvalue weighted by atomic mass is 10.1. The van der Waals surface area contributed by atoms with Crippen LogP contribution >= 0.6 is 0 Å². The van der Waals surface area contributed by atoms with Gasteiger partial charge in [-0.3, -0.25) is 0 Å². The molecule has 0 radical (unpaired) electrons. The van der Waals surface area contributed by atoms with Crippen molar-refractivity contribution < 1.29 is 0 Å². The van der Waals surface area contributed by atoms with Crippen LogP contribution < -0.4 is 5.32 Å². The minimum atomic E-state index is 0.781. The zero-order valence-electron chi connectivity index (χ0n) is 8.34. The molecule has 0 aromatic carbocycles. The third-order valence-corrected chi connectivity index (χ3v) is 3.67. The maximum Gasteiger partial charge on any atom is 0.00722 e. The van der Waals surface area contributed by atoms with E-state index in [0.29, 0.717) is 0 Å². The number of nitrogens with one attached hydrogen (secondary N) is 1. The van der Waals surface area contributed by atoms with Gasteiger partial charge in [0.15, 0.2) is 0 Å². The maximum absolute atomic E-state index is 3.77. The van der Waals surface area contributed by atoms with Gasteiger partial charge >= 0.3 is 0 Å². The van der Waals surface area contributed by atoms with E-state index in [9.17, 15) is 0 Å². The highest BCUT2D eigenvalue weighted by Crippen LogP contribution is 2.40. The second-order valence-corrected chi connectivity index (χ2v) is 4.81. The molecule has 2 aliphatic carbocycles. The highest BCUT2D eigenvalue weighted by molar-refractivity contribution is 4.92. The van der Waals surface area contributed by atoms with Crippen molar-refractivity contribution in [2.75, 3.05) is 0 Å². The van der Waals surface area contributed by atoms with Crippen molar-refractivity contribution in [1.82, 2.24) is 5.32 Å². The second kappa shape index (κ2) is 3.37. The molecule has 1 N–H and O–H groups in total. The zero-order chi connectivity index (χ0) is 8.55. The van der Waals surface area contributed by atoms with Crippen molar-refractivity contribution in [3.8, 4) is 0 Å². The van der Waals surface area contributed by atoms with Gasteiger partial charge in [0, 0.05) is 12.1 Å². The van der Waals surface area contributed by atoms with Crippen molar-refractivity contribution in [2.45, 2.75) is 58.0 Å². The Morgan fingerprint density at radius 2 is 1.83 bits per heavy atom. The van der Waals surface area contributed by atoms with E-state index >= 15 is 0 Å². The predicted molar refractivity (Wildman–Crippen MR) is 52.1 cm³/mol. The lowest BCUT2D eigenvalue weighted by Gasteiger charge is -2.18. The largest absolute Gasteiger partial charge is 0.311 e. The molecule has 3 atom stereocenters. The third-order valence-electron chi connectivity index (χ3n) is 3.67. The minimum Gasteiger partial charge on any atom is -0.311 e. The molecular formula is C11H21N. The van der Waals surface area contributed by atoms with Gasteiger partial charge in [0.25, 0.3) is 0 Å². The van der Waals surface area contributed by atoms with E-state index in [-0.39, 0.29) is 0 Å². The summed E-state index contributed by atoms with van der Waals surface area (Å²) >= 11 is 0. The van der Waals surface area contributed by atoms with E-state index in [1.165, 1.54) is 32.1 Å². The molecule has 2 aliphatic rings. The second-order valence-electron chi connectivity index (χ2n) is 4.81. The normalized spacial score (nSPS) is 38.5. The SMILES string of the molecule is CC1CC1C(C)NC1CCCC1. The van der Waals surface area contributed by atoms with E-state index in [4.69, 9.17) is 0 Å². The minimum absolute atomic E-state index is 0.781. The summed E-state index contributed by atoms with van der Waals surface area (Å²) in [5.74, 6) is 1.99. The fourth-order valence-electron chi connectivity index (χ4n) is 2.64. The molecule has 3 unspecified atom stereocenters. The van der Waals surface area contributed by atoms with Gasteiger partial charge in [-0.05, 0) is 38.0 Å². The summed E-state index contributed by atoms with van der Waals surface area (Å²) < 4.78 is 0. The molecule has 0 aromatic rings. The van der Waals surface area contributed by atoms with E-state index in [2.05, 4.69) is 19.2 Å². The van der Waals surface area contributed by atoms with Crippen molar-refractivity contribution in [3.05, 3.63) is 0 Å². The molecule has 70 valence electrons. The van der Waals surface area contributed by atoms with Crippen molar-refractivity contribution in [1.29, 1.82) is 0 Å². The molecule has 0 spiro atoms. The van der Waals surface area contributed by atoms with Crippen LogP contribution in [-0.4, -0.2) is 12.1 Å². The molecule has 0 aliphatic heterocycles. The number of hydrogen-bond donors (Lipinski definition) is 1. The summed E-state index contributed by atoms with van der Waals surface area (Å²) in [5, 5.41) is 3.77. The van der Waals surface area contributed by atoms with E-state index in [1.807, 2.05) is 0 Å². The van der Waals surface area contributed by atoms with Gasteiger partial charge in [-0.15, -0.1) is 0 Å². The smallest absolute Gasteiger partial charge is 0.00722 e. The predicted octanol–water partition coefficient (Wildman–Crippen LogP) is 2.56. The average molecular weight is 167 g/mol. The Kier molecular flexibility index (Phi) is 2.40. The first-order chi connectivity index (χ1) is 5.77. The molecule has 0 heterocycles. The molecule has 2 rings (SSSR count). The third kappa shape index (κ3) is 1.82. The molecule has 12 heavy (non-hydrogen) atoms. The molecule has 0 amide bonds. The fraction of sp³-hybridized carbons (Fsp3) is 1.00. The molecule has 0 aromatic heterocycles. The van der Waals surface area contributed by atoms with Crippen LogP contribution in [0.1, 0.15) is 46.0 Å². The van der Waals surface area contributed by atoms with Crippen molar-refractivity contribution in [2.24, 2.45) is 11.8 Å². The Morgan fingerprint density at radius 3 is 2.33 bits per heavy atom. The first-order valence-corrected chi connectivity index (χ1v) is 5.53. The van der Waals surface area contributed by atoms with Crippen LogP contribution in [0.25, 0.3) is 0 Å². The topological polar surface area (TPSA) is 12.0 Å². The first kappa shape index (κ1) is 8.55. The molecule has 2 saturated carbocycles. The molecular weight excluding hydrogens is 146 g/mol. The number of hydrogen-bond acceptors (Lipinski definition) is 1. The molecule has 1 nitrogen and oxygen atoms in total. The van der Waals surface area contributed by atoms with Gasteiger partial charge in [0.05, 0.1) is 0 Å². The number of rotatable bonds is 3. The van der Waals surface area contributed by atoms with Crippen molar-refractivity contribution in [3.63, 3.8) is 0 Å². The summed E-state index contributed by atoms with van der Waals surface area (Å²) in [4.78, 5) is 0. The first-order valence-electron chi connectivity index (χ1n) is 5.53. The Labute approximate surface area is 75.9 Å². The zero-order valence-corrected chi connectivity index (χ0v) is 8.34. The average Bonchev–Trinajstić information content (AvgIpc) is 2.58. The summed E-state index contributed by atoms with van der Waals surface area (Å²) in [6.07, 6.45) is 7.20. The Morgan fingerprint density at radius 1 is 1.25 bits per heavy atom. The van der Waals surface area contributed by atoms with Crippen LogP contribution in [0, 0.1) is 11.8 Å². The molecule has 1 heteroatoms. The van der Waals surface area contributed by atoms with Gasteiger partial charge in [-0.2, -0.15) is 0 Å². The molecule has 0 saturated heterocycles. The van der Waals surface area contributed by atoms with Crippen molar-refractivity contribution >= 4 is 0 Å². The van der Waals surface area contributed by atoms with E-state index in [0.717, 1.165) is 23.9 Å². The van der Waals surface area contributed by atoms with Crippen LogP contribution in [-0.2, 0) is 0 Å². The lowest BCUT2D eigenvalue weighted by Crippen LogP contribution is -2.36. The maximum atomic E-state index is 3.77. The quantitative estimate of drug-likeness (QED) is 0.681. The highest BCUT2D eigenvalue weighted by Gasteiger charge is 2.37. The molecule has 0 bridgehead atoms. The monoisotopic (exact) mass is 167 g/mol. The fourth-order valence-corrected chi connectivity index (χ4v) is 2.64. The summed E-state index contributed by atoms with van der Waals surface area (Å²) in [7, 11) is 0. The van der Waals surface area contributed by atoms with Gasteiger partial charge in [-0.1, -0.05) is 19.8 Å². The van der Waals surface area contributed by atoms with Crippen LogP contribution in [0.3, 0.4) is 0 Å². The Hall–Kier alpha value is -0.0400. The van der Waals surface area contributed by atoms with Crippen LogP contribution in [0.2, 0.25) is 0 Å². The van der Waals surface area contributed by atoms with Gasteiger partial charge in [-0.25, -0.2) is 0 Å². The molecule has 2 fully saturated rings. The van der Waals surface area contributed by atoms with Gasteiger partial charge in [0.2, 0.25) is 0 Å². The standard InChI is InChI=1S/C11H21N/c1-8-7-11(8)9(2)12-10-5-3-4-6-10/h8-12H,3-7H2,1-2H3. The summed E-state index contributed by atoms with van der Waals surface area (Å²) in [6.45, 7) is 4.74. The van der Waals surface area contributed by atoms with Gasteiger partial charge < -0.3 is 5.32 Å². The Bertz CT molecular complexity index is 149. The summed E-state index contributed by atoms with van der Waals surface area (Å²) in [6, 6.07) is 1.64. The van der Waals surface area contributed by atoms with Crippen LogP contribution in [0.5, 0.6) is 0 Å². The summed E-state index contributed by atoms with van der Waals surface area (Å²) in [5.41, 5.74) is 0. The van der Waals surface area contributed by atoms with E-state index < -0.39 is 0 Å². The van der Waals surface area contributed by atoms with Crippen LogP contribution in [0.4, 0.5) is 0 Å². The highest BCUT2D eigenvalue weighted by atomic mass is 15.0. The lowest BCUT2D eigenvalue weighted by molar-refractivity contribution is 0.408. The van der Waals surface area contributed by atoms with Gasteiger partial charge in [0.1, 0.15) is 0 Å². The Balaban J connectivity index is 1.71. The van der Waals surface area contributed by atoms with E-state index in [1.54, 1.807) is 0 Å².